The molecule has 0 aliphatic rings. The van der Waals surface area contributed by atoms with Gasteiger partial charge < -0.3 is 5.11 Å². The van der Waals surface area contributed by atoms with Crippen molar-refractivity contribution in [3.8, 4) is 0 Å². The number of hydrogen-bond acceptors (Lipinski definition) is 1. The van der Waals surface area contributed by atoms with Crippen molar-refractivity contribution in [1.82, 2.24) is 0 Å². The van der Waals surface area contributed by atoms with Gasteiger partial charge in [0.1, 0.15) is 0 Å². The predicted octanol–water partition coefficient (Wildman–Crippen LogP) is 0.656. The molecule has 0 saturated carbocycles. The van der Waals surface area contributed by atoms with E-state index in [0.717, 1.165) is 0 Å². The van der Waals surface area contributed by atoms with Gasteiger partial charge in [-0.2, -0.15) is 0 Å². The van der Waals surface area contributed by atoms with Crippen LogP contribution in [0.2, 0.25) is 0 Å². The standard InChI is InChI=1S/C5H8O2.Na/c1-3-4(2)5(6)7;/h3H,1-2H3,(H,6,7);. The van der Waals surface area contributed by atoms with E-state index < -0.39 is 5.97 Å². The Balaban J connectivity index is 0. The normalized spacial score (nSPS) is 10.0. The van der Waals surface area contributed by atoms with E-state index in [-0.39, 0.29) is 29.6 Å². The van der Waals surface area contributed by atoms with Crippen LogP contribution in [0.15, 0.2) is 11.6 Å². The van der Waals surface area contributed by atoms with Crippen LogP contribution in [0.4, 0.5) is 0 Å². The molecule has 1 N–H and O–H groups in total. The number of hydrogen-bond donors (Lipinski definition) is 1. The van der Waals surface area contributed by atoms with Gasteiger partial charge >= 0.3 is 5.97 Å². The van der Waals surface area contributed by atoms with E-state index in [1.54, 1.807) is 19.9 Å². The van der Waals surface area contributed by atoms with Gasteiger partial charge in [-0.3, -0.25) is 0 Å². The molecule has 0 fully saturated rings. The molecular formula is C5H8NaO2. The number of carbonyl (C=O) groups is 1. The van der Waals surface area contributed by atoms with E-state index in [2.05, 4.69) is 0 Å². The van der Waals surface area contributed by atoms with E-state index in [9.17, 15) is 4.79 Å². The van der Waals surface area contributed by atoms with Crippen molar-refractivity contribution < 1.29 is 9.90 Å². The summed E-state index contributed by atoms with van der Waals surface area (Å²) in [5.41, 5.74) is 0.389. The van der Waals surface area contributed by atoms with Crippen LogP contribution < -0.4 is 0 Å². The molecule has 0 amide bonds. The van der Waals surface area contributed by atoms with Gasteiger partial charge in [0.05, 0.1) is 0 Å². The summed E-state index contributed by atoms with van der Waals surface area (Å²) in [5, 5.41) is 8.11. The van der Waals surface area contributed by atoms with E-state index in [4.69, 9.17) is 5.11 Å². The van der Waals surface area contributed by atoms with Crippen LogP contribution in [0, 0.1) is 0 Å². The largest absolute Gasteiger partial charge is 0.478 e. The summed E-state index contributed by atoms with van der Waals surface area (Å²) in [5.74, 6) is -0.845. The number of carboxylic acid groups (broad SMARTS) is 1. The van der Waals surface area contributed by atoms with Crippen molar-refractivity contribution in [3.63, 3.8) is 0 Å². The molecule has 0 heterocycles. The van der Waals surface area contributed by atoms with Crippen LogP contribution in [0.25, 0.3) is 0 Å². The molecule has 0 spiro atoms. The molecule has 0 aliphatic carbocycles. The smallest absolute Gasteiger partial charge is 0.330 e. The Morgan fingerprint density at radius 2 is 2.00 bits per heavy atom. The minimum atomic E-state index is -0.845. The Morgan fingerprint density at radius 1 is 1.62 bits per heavy atom. The Hall–Kier alpha value is 0.210. The van der Waals surface area contributed by atoms with Crippen molar-refractivity contribution in [2.24, 2.45) is 0 Å². The molecule has 0 saturated heterocycles. The molecule has 1 radical (unpaired) electrons. The summed E-state index contributed by atoms with van der Waals surface area (Å²) in [6.45, 7) is 3.26. The van der Waals surface area contributed by atoms with Crippen molar-refractivity contribution in [2.75, 3.05) is 0 Å². The quantitative estimate of drug-likeness (QED) is 0.410. The summed E-state index contributed by atoms with van der Waals surface area (Å²) < 4.78 is 0. The Morgan fingerprint density at radius 3 is 2.00 bits per heavy atom. The Kier molecular flexibility index (Phi) is 7.40. The van der Waals surface area contributed by atoms with Gasteiger partial charge in [0.25, 0.3) is 0 Å². The topological polar surface area (TPSA) is 37.3 Å². The summed E-state index contributed by atoms with van der Waals surface area (Å²) in [4.78, 5) is 9.86. The van der Waals surface area contributed by atoms with Crippen molar-refractivity contribution >= 4 is 35.5 Å². The zero-order chi connectivity index (χ0) is 5.86. The zero-order valence-corrected chi connectivity index (χ0v) is 7.43. The molecule has 41 valence electrons. The number of aliphatic carboxylic acids is 1. The van der Waals surface area contributed by atoms with Gasteiger partial charge in [-0.1, -0.05) is 6.08 Å². The summed E-state index contributed by atoms with van der Waals surface area (Å²) in [6, 6.07) is 0. The molecular weight excluding hydrogens is 115 g/mol. The molecule has 0 aromatic rings. The van der Waals surface area contributed by atoms with E-state index in [1.165, 1.54) is 0 Å². The molecule has 3 heteroatoms. The summed E-state index contributed by atoms with van der Waals surface area (Å²) >= 11 is 0. The third-order valence-electron chi connectivity index (χ3n) is 0.770. The average molecular weight is 123 g/mol. The molecule has 0 aliphatic heterocycles. The van der Waals surface area contributed by atoms with Gasteiger partial charge in [0, 0.05) is 35.1 Å². The molecule has 0 rings (SSSR count). The van der Waals surface area contributed by atoms with Gasteiger partial charge in [0.2, 0.25) is 0 Å². The van der Waals surface area contributed by atoms with E-state index in [0.29, 0.717) is 5.57 Å². The molecule has 0 bridgehead atoms. The monoisotopic (exact) mass is 123 g/mol. The van der Waals surface area contributed by atoms with Crippen LogP contribution in [0.5, 0.6) is 0 Å². The molecule has 8 heavy (non-hydrogen) atoms. The molecule has 0 atom stereocenters. The SMILES string of the molecule is CC=C(C)C(=O)O.[Na]. The van der Waals surface area contributed by atoms with Gasteiger partial charge in [0.15, 0.2) is 0 Å². The van der Waals surface area contributed by atoms with Crippen LogP contribution in [0.3, 0.4) is 0 Å². The third kappa shape index (κ3) is 4.37. The van der Waals surface area contributed by atoms with Crippen molar-refractivity contribution in [3.05, 3.63) is 11.6 Å². The Bertz CT molecular complexity index is 107. The van der Waals surface area contributed by atoms with Crippen LogP contribution in [-0.2, 0) is 4.79 Å². The average Bonchev–Trinajstić information content (AvgIpc) is 1.65. The number of rotatable bonds is 1. The molecule has 0 unspecified atom stereocenters. The second-order valence-electron chi connectivity index (χ2n) is 1.28. The van der Waals surface area contributed by atoms with Crippen molar-refractivity contribution in [1.29, 1.82) is 0 Å². The van der Waals surface area contributed by atoms with Gasteiger partial charge in [-0.15, -0.1) is 0 Å². The fraction of sp³-hybridized carbons (Fsp3) is 0.400. The first-order valence-corrected chi connectivity index (χ1v) is 2.04. The zero-order valence-electron chi connectivity index (χ0n) is 5.43. The fourth-order valence-electron chi connectivity index (χ4n) is 0.123. The minimum absolute atomic E-state index is 0. The summed E-state index contributed by atoms with van der Waals surface area (Å²) in [7, 11) is 0. The van der Waals surface area contributed by atoms with Crippen LogP contribution >= 0.6 is 0 Å². The maximum atomic E-state index is 9.86. The van der Waals surface area contributed by atoms with E-state index >= 15 is 0 Å². The first kappa shape index (κ1) is 11.1. The molecule has 0 aromatic carbocycles. The van der Waals surface area contributed by atoms with Crippen LogP contribution in [-0.4, -0.2) is 40.6 Å². The minimum Gasteiger partial charge on any atom is -0.478 e. The maximum Gasteiger partial charge on any atom is 0.330 e. The van der Waals surface area contributed by atoms with E-state index in [1.807, 2.05) is 0 Å². The first-order valence-electron chi connectivity index (χ1n) is 2.04. The Labute approximate surface area is 70.9 Å². The second kappa shape index (κ2) is 5.35. The maximum absolute atomic E-state index is 9.86. The number of allylic oxidation sites excluding steroid dienone is 1. The first-order chi connectivity index (χ1) is 3.18. The number of carboxylic acids is 1. The van der Waals surface area contributed by atoms with Crippen molar-refractivity contribution in [2.45, 2.75) is 13.8 Å². The fourth-order valence-corrected chi connectivity index (χ4v) is 0.123. The van der Waals surface area contributed by atoms with Gasteiger partial charge in [-0.05, 0) is 13.8 Å². The second-order valence-corrected chi connectivity index (χ2v) is 1.28. The molecule has 2 nitrogen and oxygen atoms in total. The van der Waals surface area contributed by atoms with Gasteiger partial charge in [-0.25, -0.2) is 4.79 Å². The van der Waals surface area contributed by atoms with Crippen LogP contribution in [0.1, 0.15) is 13.8 Å². The third-order valence-corrected chi connectivity index (χ3v) is 0.770. The molecule has 0 aromatic heterocycles. The predicted molar refractivity (Wildman–Crippen MR) is 32.8 cm³/mol. The summed E-state index contributed by atoms with van der Waals surface area (Å²) in [6.07, 6.45) is 1.56.